The van der Waals surface area contributed by atoms with Crippen molar-refractivity contribution in [3.05, 3.63) is 65.7 Å². The molecule has 7 nitrogen and oxygen atoms in total. The smallest absolute Gasteiger partial charge is 0.243 e. The molecule has 1 N–H and O–H groups in total. The third-order valence-electron chi connectivity index (χ3n) is 5.35. The summed E-state index contributed by atoms with van der Waals surface area (Å²) in [5.74, 6) is -1.51. The molecule has 0 saturated carbocycles. The number of anilines is 1. The fraction of sp³-hybridized carbons (Fsp3) is 0.440. The summed E-state index contributed by atoms with van der Waals surface area (Å²) < 4.78 is 52.3. The maximum Gasteiger partial charge on any atom is 0.243 e. The fourth-order valence-electron chi connectivity index (χ4n) is 3.70. The van der Waals surface area contributed by atoms with E-state index < -0.39 is 27.7 Å². The first-order valence-corrected chi connectivity index (χ1v) is 13.3. The summed E-state index contributed by atoms with van der Waals surface area (Å²) in [6, 6.07) is 9.91. The molecule has 0 radical (unpaired) electrons. The summed E-state index contributed by atoms with van der Waals surface area (Å²) in [5, 5.41) is 2.83. The van der Waals surface area contributed by atoms with Crippen LogP contribution in [0, 0.1) is 11.6 Å². The van der Waals surface area contributed by atoms with Gasteiger partial charge in [0.1, 0.15) is 17.7 Å². The van der Waals surface area contributed by atoms with Crippen LogP contribution in [0.3, 0.4) is 0 Å². The van der Waals surface area contributed by atoms with E-state index in [1.807, 2.05) is 13.8 Å². The molecule has 1 atom stereocenters. The van der Waals surface area contributed by atoms with Crippen molar-refractivity contribution in [1.29, 1.82) is 0 Å². The maximum atomic E-state index is 13.4. The molecule has 35 heavy (non-hydrogen) atoms. The minimum Gasteiger partial charge on any atom is -0.352 e. The SMILES string of the molecule is CC[C@@H](C(=O)NC(C)C)N(Cc1ccc(F)cc1)C(=O)CCCN(c1ccc(F)cc1)S(C)(=O)=O. The van der Waals surface area contributed by atoms with Crippen molar-refractivity contribution in [3.8, 4) is 0 Å². The Labute approximate surface area is 206 Å². The van der Waals surface area contributed by atoms with Gasteiger partial charge in [-0.1, -0.05) is 19.1 Å². The first kappa shape index (κ1) is 28.2. The fourth-order valence-corrected chi connectivity index (χ4v) is 4.66. The monoisotopic (exact) mass is 509 g/mol. The van der Waals surface area contributed by atoms with Crippen LogP contribution >= 0.6 is 0 Å². The van der Waals surface area contributed by atoms with Crippen molar-refractivity contribution in [2.75, 3.05) is 17.1 Å². The Morgan fingerprint density at radius 2 is 1.51 bits per heavy atom. The van der Waals surface area contributed by atoms with Gasteiger partial charge in [-0.3, -0.25) is 13.9 Å². The lowest BCUT2D eigenvalue weighted by atomic mass is 10.1. The number of nitrogens with zero attached hydrogens (tertiary/aromatic N) is 2. The molecule has 0 saturated heterocycles. The minimum absolute atomic E-state index is 0.00950. The highest BCUT2D eigenvalue weighted by molar-refractivity contribution is 7.92. The van der Waals surface area contributed by atoms with Gasteiger partial charge in [0.2, 0.25) is 21.8 Å². The Kier molecular flexibility index (Phi) is 10.2. The van der Waals surface area contributed by atoms with E-state index in [9.17, 15) is 26.8 Å². The molecule has 2 amide bonds. The number of amides is 2. The van der Waals surface area contributed by atoms with Gasteiger partial charge in [-0.2, -0.15) is 0 Å². The van der Waals surface area contributed by atoms with Crippen LogP contribution in [-0.2, 0) is 26.2 Å². The van der Waals surface area contributed by atoms with E-state index in [-0.39, 0.29) is 43.8 Å². The van der Waals surface area contributed by atoms with Crippen molar-refractivity contribution < 1.29 is 26.8 Å². The normalized spacial score (nSPS) is 12.3. The number of rotatable bonds is 12. The molecule has 0 aliphatic rings. The van der Waals surface area contributed by atoms with Crippen molar-refractivity contribution in [3.63, 3.8) is 0 Å². The predicted molar refractivity (Wildman–Crippen MR) is 132 cm³/mol. The summed E-state index contributed by atoms with van der Waals surface area (Å²) in [6.07, 6.45) is 1.59. The Balaban J connectivity index is 2.20. The van der Waals surface area contributed by atoms with Crippen LogP contribution in [0.15, 0.2) is 48.5 Å². The molecule has 0 aromatic heterocycles. The molecule has 0 aliphatic carbocycles. The van der Waals surface area contributed by atoms with Gasteiger partial charge >= 0.3 is 0 Å². The van der Waals surface area contributed by atoms with Crippen molar-refractivity contribution >= 4 is 27.5 Å². The van der Waals surface area contributed by atoms with Crippen LogP contribution < -0.4 is 9.62 Å². The van der Waals surface area contributed by atoms with Crippen LogP contribution in [0.2, 0.25) is 0 Å². The Hall–Kier alpha value is -3.01. The lowest BCUT2D eigenvalue weighted by molar-refractivity contribution is -0.141. The number of carbonyl (C=O) groups excluding carboxylic acids is 2. The van der Waals surface area contributed by atoms with Crippen molar-refractivity contribution in [2.45, 2.75) is 58.7 Å². The quantitative estimate of drug-likeness (QED) is 0.471. The van der Waals surface area contributed by atoms with Crippen LogP contribution in [-0.4, -0.2) is 50.0 Å². The number of benzene rings is 2. The van der Waals surface area contributed by atoms with Crippen LogP contribution in [0.1, 0.15) is 45.6 Å². The second-order valence-corrected chi connectivity index (χ2v) is 10.6. The third kappa shape index (κ3) is 8.61. The molecule has 2 rings (SSSR count). The van der Waals surface area contributed by atoms with Gasteiger partial charge < -0.3 is 10.2 Å². The summed E-state index contributed by atoms with van der Waals surface area (Å²) in [7, 11) is -3.66. The van der Waals surface area contributed by atoms with Gasteiger partial charge in [0.15, 0.2) is 0 Å². The molecular weight excluding hydrogens is 476 g/mol. The lowest BCUT2D eigenvalue weighted by Crippen LogP contribution is -2.50. The van der Waals surface area contributed by atoms with Crippen LogP contribution in [0.5, 0.6) is 0 Å². The summed E-state index contributed by atoms with van der Waals surface area (Å²) >= 11 is 0. The van der Waals surface area contributed by atoms with Gasteiger partial charge in [-0.25, -0.2) is 17.2 Å². The average molecular weight is 510 g/mol. The average Bonchev–Trinajstić information content (AvgIpc) is 2.77. The van der Waals surface area contributed by atoms with E-state index in [0.29, 0.717) is 17.7 Å². The van der Waals surface area contributed by atoms with E-state index in [0.717, 1.165) is 10.6 Å². The lowest BCUT2D eigenvalue weighted by Gasteiger charge is -2.31. The second-order valence-electron chi connectivity index (χ2n) is 8.65. The molecule has 2 aromatic carbocycles. The number of sulfonamides is 1. The number of hydrogen-bond donors (Lipinski definition) is 1. The molecule has 0 unspecified atom stereocenters. The summed E-state index contributed by atoms with van der Waals surface area (Å²) in [5.41, 5.74) is 0.965. The third-order valence-corrected chi connectivity index (χ3v) is 6.54. The number of carbonyl (C=O) groups is 2. The summed E-state index contributed by atoms with van der Waals surface area (Å²) in [6.45, 7) is 5.57. The van der Waals surface area contributed by atoms with Crippen LogP contribution in [0.25, 0.3) is 0 Å². The number of hydrogen-bond acceptors (Lipinski definition) is 4. The van der Waals surface area contributed by atoms with Gasteiger partial charge in [0.05, 0.1) is 11.9 Å². The Bertz CT molecular complexity index is 1090. The molecule has 0 spiro atoms. The molecular formula is C25H33F2N3O4S. The summed E-state index contributed by atoms with van der Waals surface area (Å²) in [4.78, 5) is 27.5. The molecule has 0 heterocycles. The molecule has 10 heteroatoms. The number of halogens is 2. The zero-order valence-corrected chi connectivity index (χ0v) is 21.3. The first-order chi connectivity index (χ1) is 16.4. The van der Waals surface area contributed by atoms with Gasteiger partial charge in [0, 0.05) is 25.6 Å². The van der Waals surface area contributed by atoms with Gasteiger partial charge in [-0.05, 0) is 68.7 Å². The molecule has 0 fully saturated rings. The zero-order valence-electron chi connectivity index (χ0n) is 20.5. The Morgan fingerprint density at radius 3 is 2.00 bits per heavy atom. The van der Waals surface area contributed by atoms with E-state index in [1.165, 1.54) is 41.3 Å². The van der Waals surface area contributed by atoms with Gasteiger partial charge in [0.25, 0.3) is 0 Å². The highest BCUT2D eigenvalue weighted by Gasteiger charge is 2.29. The van der Waals surface area contributed by atoms with E-state index >= 15 is 0 Å². The maximum absolute atomic E-state index is 13.4. The van der Waals surface area contributed by atoms with Crippen molar-refractivity contribution in [2.24, 2.45) is 0 Å². The predicted octanol–water partition coefficient (Wildman–Crippen LogP) is 3.84. The standard InChI is InChI=1S/C25H33F2N3O4S/c1-5-23(25(32)28-18(2)3)29(17-19-8-10-20(26)11-9-19)24(31)7-6-16-30(35(4,33)34)22-14-12-21(27)13-15-22/h8-15,18,23H,5-7,16-17H2,1-4H3,(H,28,32)/t23-/m0/s1. The number of nitrogens with one attached hydrogen (secondary N) is 1. The Morgan fingerprint density at radius 1 is 0.971 bits per heavy atom. The first-order valence-electron chi connectivity index (χ1n) is 11.5. The molecule has 0 aliphatic heterocycles. The minimum atomic E-state index is -3.66. The molecule has 192 valence electrons. The van der Waals surface area contributed by atoms with E-state index in [1.54, 1.807) is 19.1 Å². The molecule has 2 aromatic rings. The van der Waals surface area contributed by atoms with E-state index in [4.69, 9.17) is 0 Å². The highest BCUT2D eigenvalue weighted by Crippen LogP contribution is 2.20. The second kappa shape index (κ2) is 12.6. The van der Waals surface area contributed by atoms with Crippen molar-refractivity contribution in [1.82, 2.24) is 10.2 Å². The van der Waals surface area contributed by atoms with Gasteiger partial charge in [-0.15, -0.1) is 0 Å². The zero-order chi connectivity index (χ0) is 26.2. The van der Waals surface area contributed by atoms with Crippen LogP contribution in [0.4, 0.5) is 14.5 Å². The van der Waals surface area contributed by atoms with E-state index in [2.05, 4.69) is 5.32 Å². The topological polar surface area (TPSA) is 86.8 Å². The highest BCUT2D eigenvalue weighted by atomic mass is 32.2. The largest absolute Gasteiger partial charge is 0.352 e. The molecule has 0 bridgehead atoms.